The maximum atomic E-state index is 12.9. The second-order valence-electron chi connectivity index (χ2n) is 5.81. The first-order valence-electron chi connectivity index (χ1n) is 7.35. The molecule has 0 aliphatic heterocycles. The van der Waals surface area contributed by atoms with E-state index in [1.807, 2.05) is 25.0 Å². The number of hydrogen-bond donors (Lipinski definition) is 0. The molecule has 19 heavy (non-hydrogen) atoms. The fourth-order valence-corrected chi connectivity index (χ4v) is 3.11. The second-order valence-corrected chi connectivity index (χ2v) is 5.81. The van der Waals surface area contributed by atoms with Gasteiger partial charge in [0.15, 0.2) is 5.78 Å². The lowest BCUT2D eigenvalue weighted by Crippen LogP contribution is -2.52. The largest absolute Gasteiger partial charge is 0.297 e. The van der Waals surface area contributed by atoms with Crippen molar-refractivity contribution in [2.24, 2.45) is 0 Å². The van der Waals surface area contributed by atoms with E-state index in [4.69, 9.17) is 0 Å². The topological polar surface area (TPSA) is 38.1 Å². The third kappa shape index (κ3) is 2.73. The van der Waals surface area contributed by atoms with Gasteiger partial charge in [-0.25, -0.2) is 0 Å². The van der Waals surface area contributed by atoms with E-state index in [0.717, 1.165) is 44.2 Å². The van der Waals surface area contributed by atoms with Crippen LogP contribution in [-0.2, 0) is 6.54 Å². The average molecular weight is 263 g/mol. The SMILES string of the molecule is CCCn1cc(C(=O)C2(N(C)C)CCCCC2)cn1. The Labute approximate surface area is 115 Å². The van der Waals surface area contributed by atoms with E-state index in [1.165, 1.54) is 6.42 Å². The van der Waals surface area contributed by atoms with E-state index in [1.54, 1.807) is 6.20 Å². The van der Waals surface area contributed by atoms with E-state index >= 15 is 0 Å². The highest BCUT2D eigenvalue weighted by Gasteiger charge is 2.42. The summed E-state index contributed by atoms with van der Waals surface area (Å²) in [7, 11) is 4.05. The van der Waals surface area contributed by atoms with Crippen molar-refractivity contribution in [3.05, 3.63) is 18.0 Å². The number of carbonyl (C=O) groups is 1. The molecule has 0 saturated heterocycles. The van der Waals surface area contributed by atoms with Crippen LogP contribution in [0.15, 0.2) is 12.4 Å². The third-order valence-corrected chi connectivity index (χ3v) is 4.31. The molecule has 4 nitrogen and oxygen atoms in total. The molecule has 1 aliphatic rings. The standard InChI is InChI=1S/C15H25N3O/c1-4-10-18-12-13(11-16-18)14(19)15(17(2)3)8-6-5-7-9-15/h11-12H,4-10H2,1-3H3. The van der Waals surface area contributed by atoms with Crippen LogP contribution in [0, 0.1) is 0 Å². The Morgan fingerprint density at radius 2 is 2.05 bits per heavy atom. The van der Waals surface area contributed by atoms with Crippen LogP contribution in [0.3, 0.4) is 0 Å². The van der Waals surface area contributed by atoms with Crippen LogP contribution in [0.2, 0.25) is 0 Å². The molecule has 1 aromatic rings. The summed E-state index contributed by atoms with van der Waals surface area (Å²) in [5, 5.41) is 4.29. The number of aromatic nitrogens is 2. The summed E-state index contributed by atoms with van der Waals surface area (Å²) in [5.41, 5.74) is 0.460. The highest BCUT2D eigenvalue weighted by Crippen LogP contribution is 2.35. The summed E-state index contributed by atoms with van der Waals surface area (Å²) >= 11 is 0. The van der Waals surface area contributed by atoms with Crippen LogP contribution in [0.1, 0.15) is 55.8 Å². The lowest BCUT2D eigenvalue weighted by atomic mass is 9.76. The molecule has 0 radical (unpaired) electrons. The zero-order chi connectivity index (χ0) is 13.9. The van der Waals surface area contributed by atoms with Crippen molar-refractivity contribution in [3.8, 4) is 0 Å². The summed E-state index contributed by atoms with van der Waals surface area (Å²) in [6.07, 6.45) is 10.2. The van der Waals surface area contributed by atoms with Gasteiger partial charge in [-0.05, 0) is 33.4 Å². The minimum Gasteiger partial charge on any atom is -0.297 e. The molecular formula is C15H25N3O. The summed E-state index contributed by atoms with van der Waals surface area (Å²) < 4.78 is 1.87. The molecule has 0 N–H and O–H groups in total. The Hall–Kier alpha value is -1.16. The van der Waals surface area contributed by atoms with Crippen molar-refractivity contribution in [2.75, 3.05) is 14.1 Å². The van der Waals surface area contributed by atoms with Gasteiger partial charge < -0.3 is 0 Å². The molecule has 106 valence electrons. The summed E-state index contributed by atoms with van der Waals surface area (Å²) in [5.74, 6) is 0.250. The molecule has 1 heterocycles. The molecule has 2 rings (SSSR count). The van der Waals surface area contributed by atoms with Crippen LogP contribution >= 0.6 is 0 Å². The number of hydrogen-bond acceptors (Lipinski definition) is 3. The molecule has 1 saturated carbocycles. The minimum atomic E-state index is -0.307. The second kappa shape index (κ2) is 5.87. The summed E-state index contributed by atoms with van der Waals surface area (Å²) in [4.78, 5) is 15.0. The van der Waals surface area contributed by atoms with Crippen molar-refractivity contribution in [3.63, 3.8) is 0 Å². The highest BCUT2D eigenvalue weighted by molar-refractivity contribution is 6.03. The van der Waals surface area contributed by atoms with E-state index in [-0.39, 0.29) is 11.3 Å². The fourth-order valence-electron chi connectivity index (χ4n) is 3.11. The Kier molecular flexibility index (Phi) is 4.40. The highest BCUT2D eigenvalue weighted by atomic mass is 16.1. The predicted molar refractivity (Wildman–Crippen MR) is 76.4 cm³/mol. The molecule has 0 unspecified atom stereocenters. The Balaban J connectivity index is 2.23. The van der Waals surface area contributed by atoms with Gasteiger partial charge in [-0.15, -0.1) is 0 Å². The fraction of sp³-hybridized carbons (Fsp3) is 0.733. The van der Waals surface area contributed by atoms with Gasteiger partial charge in [0, 0.05) is 12.7 Å². The van der Waals surface area contributed by atoms with Crippen molar-refractivity contribution >= 4 is 5.78 Å². The first-order chi connectivity index (χ1) is 9.10. The molecule has 1 aliphatic carbocycles. The van der Waals surface area contributed by atoms with Crippen LogP contribution in [0.5, 0.6) is 0 Å². The van der Waals surface area contributed by atoms with Crippen molar-refractivity contribution in [1.29, 1.82) is 0 Å². The lowest BCUT2D eigenvalue weighted by Gasteiger charge is -2.41. The van der Waals surface area contributed by atoms with Gasteiger partial charge in [-0.1, -0.05) is 26.2 Å². The molecule has 0 bridgehead atoms. The lowest BCUT2D eigenvalue weighted by molar-refractivity contribution is 0.0564. The number of aryl methyl sites for hydroxylation is 1. The van der Waals surface area contributed by atoms with Gasteiger partial charge in [0.2, 0.25) is 0 Å². The molecule has 4 heteroatoms. The predicted octanol–water partition coefficient (Wildman–Crippen LogP) is 2.74. The van der Waals surface area contributed by atoms with Crippen molar-refractivity contribution < 1.29 is 4.79 Å². The van der Waals surface area contributed by atoms with Gasteiger partial charge in [-0.2, -0.15) is 5.10 Å². The first-order valence-corrected chi connectivity index (χ1v) is 7.35. The van der Waals surface area contributed by atoms with E-state index in [0.29, 0.717) is 0 Å². The quantitative estimate of drug-likeness (QED) is 0.767. The Morgan fingerprint density at radius 3 is 2.63 bits per heavy atom. The van der Waals surface area contributed by atoms with E-state index < -0.39 is 0 Å². The summed E-state index contributed by atoms with van der Waals surface area (Å²) in [6, 6.07) is 0. The Morgan fingerprint density at radius 1 is 1.37 bits per heavy atom. The molecule has 1 fully saturated rings. The van der Waals surface area contributed by atoms with Crippen LogP contribution in [0.25, 0.3) is 0 Å². The molecule has 0 atom stereocenters. The average Bonchev–Trinajstić information content (AvgIpc) is 2.87. The smallest absolute Gasteiger partial charge is 0.186 e. The summed E-state index contributed by atoms with van der Waals surface area (Å²) in [6.45, 7) is 2.99. The molecule has 1 aromatic heterocycles. The van der Waals surface area contributed by atoms with Crippen LogP contribution < -0.4 is 0 Å². The first kappa shape index (κ1) is 14.3. The van der Waals surface area contributed by atoms with Crippen molar-refractivity contribution in [1.82, 2.24) is 14.7 Å². The number of nitrogens with zero attached hydrogens (tertiary/aromatic N) is 3. The monoisotopic (exact) mass is 263 g/mol. The molecule has 0 amide bonds. The van der Waals surface area contributed by atoms with Crippen molar-refractivity contribution in [2.45, 2.75) is 57.5 Å². The van der Waals surface area contributed by atoms with Gasteiger partial charge in [0.25, 0.3) is 0 Å². The van der Waals surface area contributed by atoms with E-state index in [9.17, 15) is 4.79 Å². The number of ketones is 1. The molecule has 0 aromatic carbocycles. The van der Waals surface area contributed by atoms with Gasteiger partial charge >= 0.3 is 0 Å². The minimum absolute atomic E-state index is 0.250. The zero-order valence-corrected chi connectivity index (χ0v) is 12.4. The third-order valence-electron chi connectivity index (χ3n) is 4.31. The van der Waals surface area contributed by atoms with Gasteiger partial charge in [0.05, 0.1) is 17.3 Å². The number of Topliss-reactive ketones (excluding diaryl/α,β-unsaturated/α-hetero) is 1. The van der Waals surface area contributed by atoms with Crippen LogP contribution in [-0.4, -0.2) is 40.1 Å². The van der Waals surface area contributed by atoms with E-state index in [2.05, 4.69) is 16.9 Å². The number of likely N-dealkylation sites (N-methyl/N-ethyl adjacent to an activating group) is 1. The number of rotatable bonds is 5. The van der Waals surface area contributed by atoms with Crippen LogP contribution in [0.4, 0.5) is 0 Å². The maximum Gasteiger partial charge on any atom is 0.186 e. The maximum absolute atomic E-state index is 12.9. The molecular weight excluding hydrogens is 238 g/mol. The normalized spacial score (nSPS) is 18.7. The molecule has 0 spiro atoms. The van der Waals surface area contributed by atoms with Gasteiger partial charge in [0.1, 0.15) is 0 Å². The number of carbonyl (C=O) groups excluding carboxylic acids is 1. The zero-order valence-electron chi connectivity index (χ0n) is 12.4. The Bertz CT molecular complexity index is 430. The van der Waals surface area contributed by atoms with Gasteiger partial charge in [-0.3, -0.25) is 14.4 Å².